The number of sulfone groups is 1. The van der Waals surface area contributed by atoms with Crippen LogP contribution in [0.15, 0.2) is 37.4 Å². The number of hydrogen-bond acceptors (Lipinski definition) is 6. The van der Waals surface area contributed by atoms with Crippen LogP contribution in [0.25, 0.3) is 0 Å². The molecule has 2 rings (SSSR count). The topological polar surface area (TPSA) is 133 Å². The van der Waals surface area contributed by atoms with Crippen LogP contribution in [0.2, 0.25) is 0 Å². The van der Waals surface area contributed by atoms with Crippen molar-refractivity contribution in [1.29, 1.82) is 0 Å². The molecule has 1 aliphatic rings. The Labute approximate surface area is 169 Å². The molecular formula is C20H22N2O6S. The van der Waals surface area contributed by atoms with Crippen molar-refractivity contribution >= 4 is 21.7 Å². The van der Waals surface area contributed by atoms with Crippen LogP contribution in [0.1, 0.15) is 22.3 Å². The van der Waals surface area contributed by atoms with Gasteiger partial charge in [0.05, 0.1) is 23.5 Å². The van der Waals surface area contributed by atoms with Gasteiger partial charge in [-0.15, -0.1) is 19.6 Å². The van der Waals surface area contributed by atoms with Crippen LogP contribution in [0.5, 0.6) is 0 Å². The number of aliphatic hydroxyl groups is 1. The summed E-state index contributed by atoms with van der Waals surface area (Å²) in [6.07, 6.45) is 5.75. The van der Waals surface area contributed by atoms with Crippen molar-refractivity contribution in [2.24, 2.45) is 5.41 Å². The SMILES string of the molecule is C#CC1([C@H](NC(=O)c2ccc(C#CCCO)cc2)C(=O)NO)CS(=O)(=O)C1.C=C. The van der Waals surface area contributed by atoms with Crippen LogP contribution >= 0.6 is 0 Å². The van der Waals surface area contributed by atoms with Gasteiger partial charge in [-0.2, -0.15) is 0 Å². The standard InChI is InChI=1S/C18H18N2O6S.C2H4/c1-2-18(11-27(25,26)12-18)15(17(23)20-24)19-16(22)14-8-6-13(7-9-14)5-3-4-10-21;1-2/h1,6-9,15,21,24H,4,10-12H2,(H,19,22)(H,20,23);1-2H2/t15-;/m1./s1. The van der Waals surface area contributed by atoms with Crippen LogP contribution in [-0.4, -0.2) is 54.7 Å². The average molecular weight is 418 g/mol. The fraction of sp³-hybridized carbons (Fsp3) is 0.300. The molecule has 4 N–H and O–H groups in total. The van der Waals surface area contributed by atoms with Gasteiger partial charge in [-0.25, -0.2) is 13.9 Å². The Bertz CT molecular complexity index is 939. The van der Waals surface area contributed by atoms with E-state index < -0.39 is 44.6 Å². The largest absolute Gasteiger partial charge is 0.395 e. The predicted molar refractivity (Wildman–Crippen MR) is 107 cm³/mol. The molecule has 1 fully saturated rings. The number of terminal acetylenes is 1. The number of carbonyl (C=O) groups is 2. The van der Waals surface area contributed by atoms with Crippen molar-refractivity contribution in [2.45, 2.75) is 12.5 Å². The van der Waals surface area contributed by atoms with Crippen LogP contribution in [0.3, 0.4) is 0 Å². The summed E-state index contributed by atoms with van der Waals surface area (Å²) in [5.74, 6) is 5.25. The van der Waals surface area contributed by atoms with Crippen molar-refractivity contribution < 1.29 is 28.3 Å². The second-order valence-electron chi connectivity index (χ2n) is 6.07. The smallest absolute Gasteiger partial charge is 0.267 e. The molecule has 0 unspecified atom stereocenters. The monoisotopic (exact) mass is 418 g/mol. The fourth-order valence-corrected chi connectivity index (χ4v) is 4.72. The van der Waals surface area contributed by atoms with E-state index >= 15 is 0 Å². The summed E-state index contributed by atoms with van der Waals surface area (Å²) >= 11 is 0. The third-order valence-electron chi connectivity index (χ3n) is 4.06. The third kappa shape index (κ3) is 5.93. The summed E-state index contributed by atoms with van der Waals surface area (Å²) in [4.78, 5) is 24.4. The molecule has 1 aromatic carbocycles. The molecule has 0 aliphatic carbocycles. The average Bonchev–Trinajstić information content (AvgIpc) is 2.71. The normalized spacial score (nSPS) is 16.2. The number of benzene rings is 1. The van der Waals surface area contributed by atoms with Crippen molar-refractivity contribution in [3.8, 4) is 24.2 Å². The molecular weight excluding hydrogens is 396 g/mol. The molecule has 29 heavy (non-hydrogen) atoms. The van der Waals surface area contributed by atoms with E-state index in [2.05, 4.69) is 36.2 Å². The van der Waals surface area contributed by atoms with E-state index in [0.29, 0.717) is 12.0 Å². The molecule has 1 aliphatic heterocycles. The maximum atomic E-state index is 12.5. The Hall–Kier alpha value is -3.11. The first-order valence-electron chi connectivity index (χ1n) is 8.40. The minimum atomic E-state index is -3.39. The molecule has 1 saturated heterocycles. The van der Waals surface area contributed by atoms with Gasteiger partial charge >= 0.3 is 0 Å². The van der Waals surface area contributed by atoms with Gasteiger partial charge < -0.3 is 10.4 Å². The van der Waals surface area contributed by atoms with E-state index in [0.717, 1.165) is 0 Å². The Morgan fingerprint density at radius 3 is 2.28 bits per heavy atom. The first-order valence-corrected chi connectivity index (χ1v) is 10.2. The van der Waals surface area contributed by atoms with Gasteiger partial charge in [-0.05, 0) is 24.3 Å². The van der Waals surface area contributed by atoms with Gasteiger partial charge in [-0.1, -0.05) is 17.8 Å². The number of rotatable bonds is 5. The molecule has 0 spiro atoms. The fourth-order valence-electron chi connectivity index (χ4n) is 2.73. The molecule has 0 radical (unpaired) electrons. The van der Waals surface area contributed by atoms with Crippen LogP contribution in [0, 0.1) is 29.6 Å². The number of amides is 2. The summed E-state index contributed by atoms with van der Waals surface area (Å²) in [7, 11) is -3.39. The highest BCUT2D eigenvalue weighted by Gasteiger charge is 2.55. The lowest BCUT2D eigenvalue weighted by Gasteiger charge is -2.41. The molecule has 1 heterocycles. The minimum Gasteiger partial charge on any atom is -0.395 e. The van der Waals surface area contributed by atoms with E-state index in [9.17, 15) is 18.0 Å². The minimum absolute atomic E-state index is 0.0472. The highest BCUT2D eigenvalue weighted by Crippen LogP contribution is 2.36. The molecule has 0 aromatic heterocycles. The number of hydrogen-bond donors (Lipinski definition) is 4. The van der Waals surface area contributed by atoms with E-state index in [-0.39, 0.29) is 12.2 Å². The second-order valence-corrected chi connectivity index (χ2v) is 8.13. The van der Waals surface area contributed by atoms with Gasteiger partial charge in [0, 0.05) is 17.5 Å². The highest BCUT2D eigenvalue weighted by molar-refractivity contribution is 7.92. The van der Waals surface area contributed by atoms with E-state index in [1.807, 2.05) is 0 Å². The molecule has 9 heteroatoms. The quantitative estimate of drug-likeness (QED) is 0.228. The maximum Gasteiger partial charge on any atom is 0.267 e. The second kappa shape index (κ2) is 10.4. The summed E-state index contributed by atoms with van der Waals surface area (Å²) in [6.45, 7) is 5.95. The predicted octanol–water partition coefficient (Wildman–Crippen LogP) is -0.125. The van der Waals surface area contributed by atoms with Gasteiger partial charge in [-0.3, -0.25) is 14.8 Å². The van der Waals surface area contributed by atoms with E-state index in [4.69, 9.17) is 16.7 Å². The van der Waals surface area contributed by atoms with Crippen LogP contribution in [0.4, 0.5) is 0 Å². The molecule has 1 aromatic rings. The van der Waals surface area contributed by atoms with Crippen LogP contribution < -0.4 is 10.8 Å². The molecule has 8 nitrogen and oxygen atoms in total. The van der Waals surface area contributed by atoms with Crippen molar-refractivity contribution in [3.63, 3.8) is 0 Å². The maximum absolute atomic E-state index is 12.5. The zero-order valence-electron chi connectivity index (χ0n) is 15.6. The van der Waals surface area contributed by atoms with Crippen molar-refractivity contribution in [3.05, 3.63) is 48.6 Å². The number of hydroxylamine groups is 1. The highest BCUT2D eigenvalue weighted by atomic mass is 32.2. The zero-order chi connectivity index (χ0) is 22.1. The van der Waals surface area contributed by atoms with Gasteiger partial charge in [0.2, 0.25) is 0 Å². The first kappa shape index (κ1) is 23.9. The molecule has 154 valence electrons. The first-order chi connectivity index (χ1) is 13.8. The summed E-state index contributed by atoms with van der Waals surface area (Å²) in [6, 6.07) is 4.72. The number of nitrogens with one attached hydrogen (secondary N) is 2. The lowest BCUT2D eigenvalue weighted by molar-refractivity contribution is -0.133. The van der Waals surface area contributed by atoms with E-state index in [1.165, 1.54) is 17.6 Å². The summed E-state index contributed by atoms with van der Waals surface area (Å²) in [5.41, 5.74) is 0.829. The summed E-state index contributed by atoms with van der Waals surface area (Å²) < 4.78 is 23.1. The number of aliphatic hydroxyl groups excluding tert-OH is 1. The Morgan fingerprint density at radius 1 is 1.24 bits per heavy atom. The molecule has 0 bridgehead atoms. The Morgan fingerprint density at radius 2 is 1.83 bits per heavy atom. The third-order valence-corrected chi connectivity index (χ3v) is 5.97. The van der Waals surface area contributed by atoms with Gasteiger partial charge in [0.15, 0.2) is 9.84 Å². The van der Waals surface area contributed by atoms with E-state index in [1.54, 1.807) is 12.1 Å². The zero-order valence-corrected chi connectivity index (χ0v) is 16.5. The Kier molecular flexibility index (Phi) is 8.61. The van der Waals surface area contributed by atoms with Gasteiger partial charge in [0.25, 0.3) is 11.8 Å². The van der Waals surface area contributed by atoms with Crippen molar-refractivity contribution in [2.75, 3.05) is 18.1 Å². The molecule has 0 saturated carbocycles. The molecule has 2 amide bonds. The number of carbonyl (C=O) groups excluding carboxylic acids is 2. The van der Waals surface area contributed by atoms with Crippen LogP contribution in [-0.2, 0) is 14.6 Å². The summed E-state index contributed by atoms with van der Waals surface area (Å²) in [5, 5.41) is 20.0. The lowest BCUT2D eigenvalue weighted by atomic mass is 9.83. The van der Waals surface area contributed by atoms with Gasteiger partial charge in [0.1, 0.15) is 6.04 Å². The van der Waals surface area contributed by atoms with Crippen molar-refractivity contribution in [1.82, 2.24) is 10.8 Å². The Balaban J connectivity index is 0.00000204. The molecule has 1 atom stereocenters. The lowest BCUT2D eigenvalue weighted by Crippen LogP contribution is -2.65.